The molecular weight excluding hydrogens is 426 g/mol. The van der Waals surface area contributed by atoms with Crippen LogP contribution in [0, 0.1) is 3.57 Å². The molecule has 0 aromatic heterocycles. The van der Waals surface area contributed by atoms with Crippen molar-refractivity contribution in [3.63, 3.8) is 0 Å². The highest BCUT2D eigenvalue weighted by Gasteiger charge is 2.44. The first-order chi connectivity index (χ1) is 10.7. The molecule has 23 heavy (non-hydrogen) atoms. The van der Waals surface area contributed by atoms with Gasteiger partial charge in [-0.05, 0) is 65.8 Å². The molecule has 0 heterocycles. The minimum atomic E-state index is -5.10. The molecule has 0 aliphatic rings. The second kappa shape index (κ2) is 8.32. The van der Waals surface area contributed by atoms with Crippen LogP contribution in [0.4, 0.5) is 13.2 Å². The zero-order chi connectivity index (χ0) is 17.6. The van der Waals surface area contributed by atoms with Crippen molar-refractivity contribution < 1.29 is 27.5 Å². The number of rotatable bonds is 5. The Kier molecular flexibility index (Phi) is 7.04. The fourth-order valence-corrected chi connectivity index (χ4v) is 2.40. The number of allylic oxidation sites excluding steroid dienone is 1. The number of methoxy groups -OCH3 is 1. The summed E-state index contributed by atoms with van der Waals surface area (Å²) < 4.78 is 43.8. The topological polar surface area (TPSA) is 46.6 Å². The number of imide groups is 1. The largest absolute Gasteiger partial charge is 0.497 e. The van der Waals surface area contributed by atoms with Crippen molar-refractivity contribution in [3.8, 4) is 5.75 Å². The molecule has 0 spiro atoms. The normalized spacial score (nSPS) is 11.6. The van der Waals surface area contributed by atoms with Crippen molar-refractivity contribution >= 4 is 34.4 Å². The van der Waals surface area contributed by atoms with Crippen molar-refractivity contribution in [2.45, 2.75) is 19.5 Å². The van der Waals surface area contributed by atoms with E-state index in [-0.39, 0.29) is 17.9 Å². The molecule has 0 saturated carbocycles. The van der Waals surface area contributed by atoms with Gasteiger partial charge in [-0.1, -0.05) is 6.08 Å². The third-order valence-corrected chi connectivity index (χ3v) is 3.97. The summed E-state index contributed by atoms with van der Waals surface area (Å²) in [4.78, 5) is 23.4. The van der Waals surface area contributed by atoms with E-state index in [1.807, 2.05) is 22.6 Å². The second-order valence-electron chi connectivity index (χ2n) is 4.50. The first-order valence-corrected chi connectivity index (χ1v) is 7.66. The maximum Gasteiger partial charge on any atom is 0.471 e. The van der Waals surface area contributed by atoms with Crippen LogP contribution in [-0.4, -0.2) is 36.5 Å². The van der Waals surface area contributed by atoms with Crippen LogP contribution in [0.25, 0.3) is 0 Å². The van der Waals surface area contributed by atoms with E-state index in [4.69, 9.17) is 4.74 Å². The fourth-order valence-electron chi connectivity index (χ4n) is 1.80. The summed E-state index contributed by atoms with van der Waals surface area (Å²) >= 11 is 2.03. The lowest BCUT2D eigenvalue weighted by Gasteiger charge is -2.21. The molecule has 0 radical (unpaired) electrons. The van der Waals surface area contributed by atoms with Crippen molar-refractivity contribution in [3.05, 3.63) is 39.5 Å². The third-order valence-electron chi connectivity index (χ3n) is 2.92. The lowest BCUT2D eigenvalue weighted by atomic mass is 10.1. The van der Waals surface area contributed by atoms with E-state index >= 15 is 0 Å². The number of ether oxygens (including phenoxy) is 1. The van der Waals surface area contributed by atoms with Gasteiger partial charge < -0.3 is 4.74 Å². The van der Waals surface area contributed by atoms with Crippen LogP contribution in [-0.2, 0) is 16.0 Å². The Morgan fingerprint density at radius 2 is 2.00 bits per heavy atom. The van der Waals surface area contributed by atoms with Gasteiger partial charge in [0.1, 0.15) is 5.75 Å². The van der Waals surface area contributed by atoms with Crippen LogP contribution in [0.2, 0.25) is 0 Å². The van der Waals surface area contributed by atoms with Crippen LogP contribution >= 0.6 is 22.6 Å². The van der Waals surface area contributed by atoms with Gasteiger partial charge in [-0.25, -0.2) is 0 Å². The lowest BCUT2D eigenvalue weighted by molar-refractivity contribution is -0.186. The Morgan fingerprint density at radius 1 is 1.35 bits per heavy atom. The molecule has 0 unspecified atom stereocenters. The maximum absolute atomic E-state index is 12.6. The highest BCUT2D eigenvalue weighted by molar-refractivity contribution is 14.1. The molecule has 0 saturated heterocycles. The molecule has 126 valence electrons. The monoisotopic (exact) mass is 441 g/mol. The van der Waals surface area contributed by atoms with Crippen molar-refractivity contribution in [2.75, 3.05) is 13.7 Å². The number of amides is 2. The van der Waals surface area contributed by atoms with Gasteiger partial charge >= 0.3 is 12.1 Å². The van der Waals surface area contributed by atoms with Gasteiger partial charge in [0.05, 0.1) is 7.11 Å². The first kappa shape index (κ1) is 19.5. The second-order valence-corrected chi connectivity index (χ2v) is 5.66. The predicted octanol–water partition coefficient (Wildman–Crippen LogP) is 3.34. The molecule has 0 aliphatic carbocycles. The number of halogens is 4. The molecule has 0 atom stereocenters. The Bertz CT molecular complexity index is 614. The zero-order valence-corrected chi connectivity index (χ0v) is 14.6. The molecule has 0 aliphatic heterocycles. The summed E-state index contributed by atoms with van der Waals surface area (Å²) in [5, 5.41) is 0. The maximum atomic E-state index is 12.6. The van der Waals surface area contributed by atoms with Crippen LogP contribution in [0.15, 0.2) is 30.4 Å². The molecule has 1 aromatic rings. The Labute approximate surface area is 145 Å². The highest BCUT2D eigenvalue weighted by Crippen LogP contribution is 2.22. The third kappa shape index (κ3) is 5.52. The molecule has 4 nitrogen and oxygen atoms in total. The van der Waals surface area contributed by atoms with Gasteiger partial charge in [0.25, 0.3) is 5.91 Å². The summed E-state index contributed by atoms with van der Waals surface area (Å²) in [7, 11) is 1.47. The number of hydrogen-bond donors (Lipinski definition) is 0. The van der Waals surface area contributed by atoms with E-state index in [0.29, 0.717) is 11.3 Å². The van der Waals surface area contributed by atoms with Gasteiger partial charge in [0.15, 0.2) is 0 Å². The van der Waals surface area contributed by atoms with Gasteiger partial charge in [-0.2, -0.15) is 13.2 Å². The summed E-state index contributed by atoms with van der Waals surface area (Å²) in [6, 6.07) is 5.13. The first-order valence-electron chi connectivity index (χ1n) is 6.58. The van der Waals surface area contributed by atoms with E-state index in [1.54, 1.807) is 18.2 Å². The number of carbonyl (C=O) groups is 2. The van der Waals surface area contributed by atoms with E-state index in [9.17, 15) is 22.8 Å². The van der Waals surface area contributed by atoms with Crippen LogP contribution in [0.5, 0.6) is 5.75 Å². The molecular formula is C15H15F3INO3. The van der Waals surface area contributed by atoms with Gasteiger partial charge in [-0.3, -0.25) is 14.5 Å². The van der Waals surface area contributed by atoms with Crippen LogP contribution in [0.1, 0.15) is 12.5 Å². The van der Waals surface area contributed by atoms with E-state index in [1.165, 1.54) is 20.1 Å². The zero-order valence-electron chi connectivity index (χ0n) is 12.5. The van der Waals surface area contributed by atoms with E-state index in [2.05, 4.69) is 0 Å². The van der Waals surface area contributed by atoms with Crippen molar-refractivity contribution in [1.82, 2.24) is 4.90 Å². The Morgan fingerprint density at radius 3 is 2.52 bits per heavy atom. The predicted molar refractivity (Wildman–Crippen MR) is 87.0 cm³/mol. The molecule has 0 bridgehead atoms. The van der Waals surface area contributed by atoms with Gasteiger partial charge in [0, 0.05) is 10.1 Å². The van der Waals surface area contributed by atoms with Crippen LogP contribution < -0.4 is 4.74 Å². The summed E-state index contributed by atoms with van der Waals surface area (Å²) in [5.74, 6) is -2.61. The van der Waals surface area contributed by atoms with E-state index in [0.717, 1.165) is 9.65 Å². The Balaban J connectivity index is 2.99. The van der Waals surface area contributed by atoms with Gasteiger partial charge in [0.2, 0.25) is 0 Å². The number of benzene rings is 1. The molecule has 1 aromatic carbocycles. The number of alkyl halides is 3. The Hall–Kier alpha value is -1.58. The minimum absolute atomic E-state index is 0.0978. The smallest absolute Gasteiger partial charge is 0.471 e. The lowest BCUT2D eigenvalue weighted by Crippen LogP contribution is -2.45. The molecule has 8 heteroatoms. The number of hydrogen-bond acceptors (Lipinski definition) is 3. The summed E-state index contributed by atoms with van der Waals surface area (Å²) in [5.41, 5.74) is 0.693. The number of nitrogens with zero attached hydrogens (tertiary/aromatic N) is 1. The average Bonchev–Trinajstić information content (AvgIpc) is 2.48. The number of carbonyl (C=O) groups excluding carboxylic acids is 2. The van der Waals surface area contributed by atoms with Crippen molar-refractivity contribution in [2.24, 2.45) is 0 Å². The van der Waals surface area contributed by atoms with Crippen LogP contribution in [0.3, 0.4) is 0 Å². The highest BCUT2D eigenvalue weighted by atomic mass is 127. The molecule has 2 amide bonds. The molecule has 1 rings (SSSR count). The fraction of sp³-hybridized carbons (Fsp3) is 0.333. The molecule has 0 N–H and O–H groups in total. The van der Waals surface area contributed by atoms with E-state index < -0.39 is 18.0 Å². The van der Waals surface area contributed by atoms with Gasteiger partial charge in [-0.15, -0.1) is 0 Å². The summed E-state index contributed by atoms with van der Waals surface area (Å²) in [6.07, 6.45) is -2.78. The van der Waals surface area contributed by atoms with Crippen molar-refractivity contribution in [1.29, 1.82) is 0 Å². The SMILES string of the molecule is C/C=C/C(=O)N(CCc1cc(OC)ccc1I)C(=O)C(F)(F)F. The summed E-state index contributed by atoms with van der Waals surface area (Å²) in [6.45, 7) is 1.11. The standard InChI is InChI=1S/C15H15F3INO3/c1-3-4-13(21)20(14(22)15(16,17)18)8-7-10-9-11(23-2)5-6-12(10)19/h3-6,9H,7-8H2,1-2H3/b4-3+. The average molecular weight is 441 g/mol. The minimum Gasteiger partial charge on any atom is -0.497 e. The quantitative estimate of drug-likeness (QED) is 0.521. The molecule has 0 fully saturated rings.